The Morgan fingerprint density at radius 2 is 1.90 bits per heavy atom. The highest BCUT2D eigenvalue weighted by Crippen LogP contribution is 2.28. The predicted molar refractivity (Wildman–Crippen MR) is 119 cm³/mol. The molecular weight excluding hydrogens is 400 g/mol. The molecule has 0 spiro atoms. The van der Waals surface area contributed by atoms with Crippen molar-refractivity contribution in [1.82, 2.24) is 14.8 Å². The van der Waals surface area contributed by atoms with Crippen molar-refractivity contribution in [3.05, 3.63) is 79.7 Å². The van der Waals surface area contributed by atoms with Crippen LogP contribution in [0.1, 0.15) is 17.5 Å². The molecule has 2 heterocycles. The molecule has 0 aliphatic heterocycles. The topological polar surface area (TPSA) is 96.9 Å². The standard InChI is InChI=1S/C22H20N4O3S/c1-13-7-8-14(2)17(11-13)18-12-30-22(23-18)24-19(27)9-10-26-21(29)16-6-4-3-5-15(16)20(28)25-26/h3-8,11-12H,9-10H2,1-2H3,(H,25,28)(H,23,24,27). The maximum Gasteiger partial charge on any atom is 0.273 e. The summed E-state index contributed by atoms with van der Waals surface area (Å²) >= 11 is 1.35. The van der Waals surface area contributed by atoms with Crippen molar-refractivity contribution in [3.63, 3.8) is 0 Å². The molecule has 7 nitrogen and oxygen atoms in total. The molecule has 0 aliphatic carbocycles. The van der Waals surface area contributed by atoms with E-state index in [9.17, 15) is 14.4 Å². The van der Waals surface area contributed by atoms with E-state index in [1.807, 2.05) is 31.4 Å². The fourth-order valence-corrected chi connectivity index (χ4v) is 3.99. The van der Waals surface area contributed by atoms with Crippen LogP contribution in [0.15, 0.2) is 57.4 Å². The number of aromatic nitrogens is 3. The molecule has 0 bridgehead atoms. The second-order valence-electron chi connectivity index (χ2n) is 7.10. The van der Waals surface area contributed by atoms with Gasteiger partial charge in [0, 0.05) is 17.4 Å². The Morgan fingerprint density at radius 1 is 1.13 bits per heavy atom. The van der Waals surface area contributed by atoms with E-state index in [1.165, 1.54) is 16.0 Å². The molecule has 152 valence electrons. The molecule has 2 aromatic carbocycles. The number of hydrogen-bond acceptors (Lipinski definition) is 5. The zero-order valence-corrected chi connectivity index (χ0v) is 17.4. The lowest BCUT2D eigenvalue weighted by Gasteiger charge is -2.07. The summed E-state index contributed by atoms with van der Waals surface area (Å²) in [4.78, 5) is 41.5. The van der Waals surface area contributed by atoms with E-state index in [-0.39, 0.29) is 30.0 Å². The first-order valence-corrected chi connectivity index (χ1v) is 10.4. The van der Waals surface area contributed by atoms with Crippen molar-refractivity contribution >= 4 is 33.1 Å². The first-order valence-electron chi connectivity index (χ1n) is 9.47. The van der Waals surface area contributed by atoms with Gasteiger partial charge in [-0.25, -0.2) is 9.67 Å². The molecule has 1 amide bonds. The Bertz CT molecular complexity index is 1370. The third kappa shape index (κ3) is 3.95. The van der Waals surface area contributed by atoms with Crippen LogP contribution in [-0.2, 0) is 11.3 Å². The van der Waals surface area contributed by atoms with Crippen molar-refractivity contribution in [3.8, 4) is 11.3 Å². The van der Waals surface area contributed by atoms with Crippen LogP contribution in [0.5, 0.6) is 0 Å². The average Bonchev–Trinajstić information content (AvgIpc) is 3.19. The zero-order chi connectivity index (χ0) is 21.3. The summed E-state index contributed by atoms with van der Waals surface area (Å²) < 4.78 is 1.17. The van der Waals surface area contributed by atoms with E-state index >= 15 is 0 Å². The summed E-state index contributed by atoms with van der Waals surface area (Å²) in [6.45, 7) is 4.12. The van der Waals surface area contributed by atoms with E-state index in [0.717, 1.165) is 22.4 Å². The van der Waals surface area contributed by atoms with Crippen molar-refractivity contribution in [2.24, 2.45) is 0 Å². The molecule has 0 saturated carbocycles. The van der Waals surface area contributed by atoms with Crippen LogP contribution in [0.2, 0.25) is 0 Å². The number of carbonyl (C=O) groups excluding carboxylic acids is 1. The molecule has 8 heteroatoms. The highest BCUT2D eigenvalue weighted by molar-refractivity contribution is 7.14. The van der Waals surface area contributed by atoms with Gasteiger partial charge in [0.05, 0.1) is 23.0 Å². The van der Waals surface area contributed by atoms with E-state index < -0.39 is 0 Å². The number of rotatable bonds is 5. The molecule has 0 atom stereocenters. The lowest BCUT2D eigenvalue weighted by molar-refractivity contribution is -0.116. The first-order chi connectivity index (χ1) is 14.4. The zero-order valence-electron chi connectivity index (χ0n) is 16.6. The van der Waals surface area contributed by atoms with Crippen LogP contribution in [0.4, 0.5) is 5.13 Å². The summed E-state index contributed by atoms with van der Waals surface area (Å²) in [5, 5.41) is 8.37. The number of H-pyrrole nitrogens is 1. The van der Waals surface area contributed by atoms with E-state index in [0.29, 0.717) is 15.9 Å². The Kier molecular flexibility index (Phi) is 5.33. The van der Waals surface area contributed by atoms with Gasteiger partial charge in [-0.05, 0) is 37.6 Å². The Morgan fingerprint density at radius 3 is 2.70 bits per heavy atom. The van der Waals surface area contributed by atoms with Crippen LogP contribution in [0.25, 0.3) is 22.0 Å². The monoisotopic (exact) mass is 420 g/mol. The van der Waals surface area contributed by atoms with E-state index in [2.05, 4.69) is 21.5 Å². The Labute approximate surface area is 176 Å². The van der Waals surface area contributed by atoms with Gasteiger partial charge < -0.3 is 5.32 Å². The van der Waals surface area contributed by atoms with Crippen LogP contribution < -0.4 is 16.4 Å². The average molecular weight is 420 g/mol. The lowest BCUT2D eigenvalue weighted by Crippen LogP contribution is -2.31. The number of amides is 1. The number of nitrogens with one attached hydrogen (secondary N) is 2. The smallest absolute Gasteiger partial charge is 0.273 e. The third-order valence-corrected chi connectivity index (χ3v) is 5.62. The number of thiazole rings is 1. The van der Waals surface area contributed by atoms with Gasteiger partial charge in [-0.2, -0.15) is 0 Å². The molecule has 4 rings (SSSR count). The number of carbonyl (C=O) groups is 1. The highest BCUT2D eigenvalue weighted by atomic mass is 32.1. The highest BCUT2D eigenvalue weighted by Gasteiger charge is 2.12. The molecular formula is C22H20N4O3S. The number of benzene rings is 2. The van der Waals surface area contributed by atoms with Gasteiger partial charge in [0.2, 0.25) is 5.91 Å². The van der Waals surface area contributed by atoms with Crippen LogP contribution in [0, 0.1) is 13.8 Å². The van der Waals surface area contributed by atoms with E-state index in [4.69, 9.17) is 0 Å². The minimum Gasteiger partial charge on any atom is -0.302 e. The molecule has 2 N–H and O–H groups in total. The maximum absolute atomic E-state index is 12.5. The second kappa shape index (κ2) is 8.08. The molecule has 0 fully saturated rings. The van der Waals surface area contributed by atoms with Gasteiger partial charge >= 0.3 is 0 Å². The fourth-order valence-electron chi connectivity index (χ4n) is 3.27. The van der Waals surface area contributed by atoms with Crippen LogP contribution >= 0.6 is 11.3 Å². The molecule has 2 aromatic heterocycles. The van der Waals surface area contributed by atoms with Gasteiger partial charge in [0.15, 0.2) is 5.13 Å². The predicted octanol–water partition coefficient (Wildman–Crippen LogP) is 3.46. The van der Waals surface area contributed by atoms with Gasteiger partial charge in [0.1, 0.15) is 0 Å². The normalized spacial score (nSPS) is 11.0. The quantitative estimate of drug-likeness (QED) is 0.517. The largest absolute Gasteiger partial charge is 0.302 e. The lowest BCUT2D eigenvalue weighted by atomic mass is 10.0. The number of fused-ring (bicyclic) bond motifs is 1. The number of nitrogens with zero attached hydrogens (tertiary/aromatic N) is 2. The van der Waals surface area contributed by atoms with Crippen LogP contribution in [-0.4, -0.2) is 20.7 Å². The number of aryl methyl sites for hydroxylation is 3. The fraction of sp³-hybridized carbons (Fsp3) is 0.182. The van der Waals surface area contributed by atoms with Crippen molar-refractivity contribution in [2.45, 2.75) is 26.8 Å². The third-order valence-electron chi connectivity index (χ3n) is 4.87. The minimum atomic E-state index is -0.358. The summed E-state index contributed by atoms with van der Waals surface area (Å²) in [6, 6.07) is 12.8. The number of anilines is 1. The summed E-state index contributed by atoms with van der Waals surface area (Å²) in [7, 11) is 0. The van der Waals surface area contributed by atoms with Gasteiger partial charge in [-0.1, -0.05) is 29.8 Å². The second-order valence-corrected chi connectivity index (χ2v) is 7.96. The summed E-state index contributed by atoms with van der Waals surface area (Å²) in [6.07, 6.45) is 0.0343. The van der Waals surface area contributed by atoms with Crippen molar-refractivity contribution < 1.29 is 4.79 Å². The SMILES string of the molecule is Cc1ccc(C)c(-c2csc(NC(=O)CCn3[nH]c(=O)c4ccccc4c3=O)n2)c1. The molecule has 0 radical (unpaired) electrons. The Hall–Kier alpha value is -3.52. The molecule has 0 saturated heterocycles. The van der Waals surface area contributed by atoms with E-state index in [1.54, 1.807) is 24.3 Å². The van der Waals surface area contributed by atoms with Gasteiger partial charge in [-0.15, -0.1) is 11.3 Å². The Balaban J connectivity index is 1.46. The maximum atomic E-state index is 12.5. The molecule has 0 unspecified atom stereocenters. The minimum absolute atomic E-state index is 0.0343. The van der Waals surface area contributed by atoms with Crippen molar-refractivity contribution in [1.29, 1.82) is 0 Å². The van der Waals surface area contributed by atoms with Gasteiger partial charge in [0.25, 0.3) is 11.1 Å². The van der Waals surface area contributed by atoms with Crippen molar-refractivity contribution in [2.75, 3.05) is 5.32 Å². The van der Waals surface area contributed by atoms with Crippen LogP contribution in [0.3, 0.4) is 0 Å². The molecule has 0 aliphatic rings. The van der Waals surface area contributed by atoms with Gasteiger partial charge in [-0.3, -0.25) is 19.5 Å². The summed E-state index contributed by atoms with van der Waals surface area (Å²) in [5.41, 5.74) is 3.42. The molecule has 30 heavy (non-hydrogen) atoms. The molecule has 4 aromatic rings. The number of aromatic amines is 1. The first kappa shape index (κ1) is 19.8. The number of hydrogen-bond donors (Lipinski definition) is 2. The summed E-state index contributed by atoms with van der Waals surface area (Å²) in [5.74, 6) is -0.280.